The summed E-state index contributed by atoms with van der Waals surface area (Å²) in [7, 11) is 0. The quantitative estimate of drug-likeness (QED) is 0.882. The molecule has 0 fully saturated rings. The van der Waals surface area contributed by atoms with E-state index >= 15 is 0 Å². The van der Waals surface area contributed by atoms with E-state index in [-0.39, 0.29) is 11.5 Å². The summed E-state index contributed by atoms with van der Waals surface area (Å²) in [6.45, 7) is 3.79. The molecule has 1 unspecified atom stereocenters. The van der Waals surface area contributed by atoms with Crippen LogP contribution in [0.3, 0.4) is 0 Å². The molecule has 0 spiro atoms. The molecule has 0 aliphatic carbocycles. The Balaban J connectivity index is 3.12. The van der Waals surface area contributed by atoms with Crippen molar-refractivity contribution in [3.63, 3.8) is 0 Å². The molecule has 1 rings (SSSR count). The van der Waals surface area contributed by atoms with Crippen LogP contribution in [0.25, 0.3) is 0 Å². The van der Waals surface area contributed by atoms with Gasteiger partial charge in [0.05, 0.1) is 11.7 Å². The van der Waals surface area contributed by atoms with Gasteiger partial charge in [-0.25, -0.2) is 8.78 Å². The van der Waals surface area contributed by atoms with E-state index in [1.807, 2.05) is 13.8 Å². The summed E-state index contributed by atoms with van der Waals surface area (Å²) in [6.07, 6.45) is 0.294. The Bertz CT molecular complexity index is 341. The first-order valence-electron chi connectivity index (χ1n) is 5.33. The molecule has 0 saturated carbocycles. The molecule has 1 aromatic rings. The molecular weight excluding hydrogens is 278 g/mol. The predicted molar refractivity (Wildman–Crippen MR) is 63.1 cm³/mol. The first-order chi connectivity index (χ1) is 7.51. The van der Waals surface area contributed by atoms with Gasteiger partial charge in [-0.2, -0.15) is 0 Å². The van der Waals surface area contributed by atoms with Crippen molar-refractivity contribution < 1.29 is 13.9 Å². The Morgan fingerprint density at radius 3 is 2.00 bits per heavy atom. The molecule has 1 aromatic carbocycles. The summed E-state index contributed by atoms with van der Waals surface area (Å²) in [6, 6.07) is 2.34. The van der Waals surface area contributed by atoms with Crippen LogP contribution in [-0.4, -0.2) is 5.11 Å². The third kappa shape index (κ3) is 2.80. The minimum atomic E-state index is -1.08. The topological polar surface area (TPSA) is 20.2 Å². The van der Waals surface area contributed by atoms with Crippen LogP contribution >= 0.6 is 15.9 Å². The van der Waals surface area contributed by atoms with Crippen molar-refractivity contribution in [2.45, 2.75) is 32.8 Å². The highest BCUT2D eigenvalue weighted by molar-refractivity contribution is 9.10. The Morgan fingerprint density at radius 1 is 1.19 bits per heavy atom. The van der Waals surface area contributed by atoms with E-state index in [0.717, 1.165) is 0 Å². The summed E-state index contributed by atoms with van der Waals surface area (Å²) in [4.78, 5) is 0. The SMILES string of the molecule is CCC(CC)C(O)c1c(F)cc(Br)cc1F. The van der Waals surface area contributed by atoms with Crippen LogP contribution in [0.4, 0.5) is 8.78 Å². The average Bonchev–Trinajstić information content (AvgIpc) is 2.17. The summed E-state index contributed by atoms with van der Waals surface area (Å²) >= 11 is 3.01. The van der Waals surface area contributed by atoms with E-state index in [4.69, 9.17) is 0 Å². The molecule has 1 N–H and O–H groups in total. The average molecular weight is 293 g/mol. The van der Waals surface area contributed by atoms with Crippen LogP contribution < -0.4 is 0 Å². The largest absolute Gasteiger partial charge is 0.388 e. The molecule has 0 saturated heterocycles. The van der Waals surface area contributed by atoms with E-state index in [0.29, 0.717) is 17.3 Å². The lowest BCUT2D eigenvalue weighted by Crippen LogP contribution is -2.14. The molecule has 0 radical (unpaired) electrons. The van der Waals surface area contributed by atoms with Gasteiger partial charge in [0, 0.05) is 4.47 Å². The lowest BCUT2D eigenvalue weighted by molar-refractivity contribution is 0.0956. The first kappa shape index (κ1) is 13.6. The molecule has 1 nitrogen and oxygen atoms in total. The Morgan fingerprint density at radius 2 is 1.62 bits per heavy atom. The molecule has 0 aliphatic heterocycles. The van der Waals surface area contributed by atoms with Gasteiger partial charge in [0.2, 0.25) is 0 Å². The van der Waals surface area contributed by atoms with Crippen molar-refractivity contribution in [2.75, 3.05) is 0 Å². The maximum atomic E-state index is 13.6. The number of hydrogen-bond acceptors (Lipinski definition) is 1. The van der Waals surface area contributed by atoms with E-state index in [9.17, 15) is 13.9 Å². The van der Waals surface area contributed by atoms with Gasteiger partial charge in [0.15, 0.2) is 0 Å². The smallest absolute Gasteiger partial charge is 0.133 e. The summed E-state index contributed by atoms with van der Waals surface area (Å²) < 4.78 is 27.5. The monoisotopic (exact) mass is 292 g/mol. The van der Waals surface area contributed by atoms with Gasteiger partial charge in [0.25, 0.3) is 0 Å². The first-order valence-corrected chi connectivity index (χ1v) is 6.13. The zero-order chi connectivity index (χ0) is 12.3. The molecular formula is C12H15BrF2O. The third-order valence-electron chi connectivity index (χ3n) is 2.83. The van der Waals surface area contributed by atoms with Crippen LogP contribution in [-0.2, 0) is 0 Å². The van der Waals surface area contributed by atoms with Crippen molar-refractivity contribution in [3.8, 4) is 0 Å². The fourth-order valence-electron chi connectivity index (χ4n) is 1.81. The molecule has 0 heterocycles. The number of hydrogen-bond donors (Lipinski definition) is 1. The minimum Gasteiger partial charge on any atom is -0.388 e. The Labute approximate surface area is 103 Å². The van der Waals surface area contributed by atoms with Crippen LogP contribution in [0.15, 0.2) is 16.6 Å². The summed E-state index contributed by atoms with van der Waals surface area (Å²) in [5, 5.41) is 9.94. The number of aliphatic hydroxyl groups is 1. The van der Waals surface area contributed by atoms with Crippen LogP contribution in [0.1, 0.15) is 38.4 Å². The van der Waals surface area contributed by atoms with Crippen LogP contribution in [0.2, 0.25) is 0 Å². The van der Waals surface area contributed by atoms with E-state index in [1.54, 1.807) is 0 Å². The normalized spacial score (nSPS) is 13.2. The molecule has 4 heteroatoms. The van der Waals surface area contributed by atoms with Crippen molar-refractivity contribution in [2.24, 2.45) is 5.92 Å². The molecule has 0 amide bonds. The second kappa shape index (κ2) is 5.73. The van der Waals surface area contributed by atoms with Gasteiger partial charge in [-0.05, 0) is 18.1 Å². The van der Waals surface area contributed by atoms with Crippen LogP contribution in [0.5, 0.6) is 0 Å². The fourth-order valence-corrected chi connectivity index (χ4v) is 2.21. The summed E-state index contributed by atoms with van der Waals surface area (Å²) in [5.74, 6) is -1.53. The predicted octanol–water partition coefficient (Wildman–Crippen LogP) is 4.20. The zero-order valence-electron chi connectivity index (χ0n) is 9.30. The number of rotatable bonds is 4. The molecule has 0 bridgehead atoms. The van der Waals surface area contributed by atoms with Gasteiger partial charge in [0.1, 0.15) is 11.6 Å². The molecule has 1 atom stereocenters. The second-order valence-corrected chi connectivity index (χ2v) is 4.72. The maximum Gasteiger partial charge on any atom is 0.133 e. The van der Waals surface area contributed by atoms with E-state index in [1.165, 1.54) is 12.1 Å². The van der Waals surface area contributed by atoms with Crippen molar-refractivity contribution >= 4 is 15.9 Å². The molecule has 0 aliphatic rings. The highest BCUT2D eigenvalue weighted by Gasteiger charge is 2.24. The van der Waals surface area contributed by atoms with Gasteiger partial charge >= 0.3 is 0 Å². The fraction of sp³-hybridized carbons (Fsp3) is 0.500. The molecule has 16 heavy (non-hydrogen) atoms. The van der Waals surface area contributed by atoms with Crippen molar-refractivity contribution in [3.05, 3.63) is 33.8 Å². The summed E-state index contributed by atoms with van der Waals surface area (Å²) in [5.41, 5.74) is -0.225. The number of aliphatic hydroxyl groups excluding tert-OH is 1. The van der Waals surface area contributed by atoms with Crippen molar-refractivity contribution in [1.29, 1.82) is 0 Å². The number of benzene rings is 1. The van der Waals surface area contributed by atoms with Crippen LogP contribution in [0, 0.1) is 17.6 Å². The highest BCUT2D eigenvalue weighted by atomic mass is 79.9. The minimum absolute atomic E-state index is 0.120. The Hall–Kier alpha value is -0.480. The van der Waals surface area contributed by atoms with E-state index < -0.39 is 17.7 Å². The van der Waals surface area contributed by atoms with Gasteiger partial charge < -0.3 is 5.11 Å². The third-order valence-corrected chi connectivity index (χ3v) is 3.29. The van der Waals surface area contributed by atoms with Gasteiger partial charge in [-0.1, -0.05) is 42.6 Å². The van der Waals surface area contributed by atoms with Gasteiger partial charge in [-0.3, -0.25) is 0 Å². The lowest BCUT2D eigenvalue weighted by atomic mass is 9.91. The maximum absolute atomic E-state index is 13.6. The highest BCUT2D eigenvalue weighted by Crippen LogP contribution is 2.32. The van der Waals surface area contributed by atoms with Crippen molar-refractivity contribution in [1.82, 2.24) is 0 Å². The standard InChI is InChI=1S/C12H15BrF2O/c1-3-7(4-2)12(16)11-9(14)5-8(13)6-10(11)15/h5-7,12,16H,3-4H2,1-2H3. The lowest BCUT2D eigenvalue weighted by Gasteiger charge is -2.21. The zero-order valence-corrected chi connectivity index (χ0v) is 10.9. The van der Waals surface area contributed by atoms with E-state index in [2.05, 4.69) is 15.9 Å². The molecule has 0 aromatic heterocycles. The second-order valence-electron chi connectivity index (χ2n) is 3.80. The van der Waals surface area contributed by atoms with Gasteiger partial charge in [-0.15, -0.1) is 0 Å². The number of halogens is 3. The Kier molecular flexibility index (Phi) is 4.87. The molecule has 90 valence electrons.